The van der Waals surface area contributed by atoms with Crippen molar-refractivity contribution in [1.29, 1.82) is 5.26 Å². The molecule has 0 aliphatic heterocycles. The maximum absolute atomic E-state index is 11.8. The molecule has 1 atom stereocenters. The SMILES string of the molecule is CC(C#N)CN(C)C(=O)Cc1ccccc1. The number of likely N-dealkylation sites (N-methyl/N-ethyl adjacent to an activating group) is 1. The number of nitrogens with zero attached hydrogens (tertiary/aromatic N) is 2. The van der Waals surface area contributed by atoms with E-state index >= 15 is 0 Å². The van der Waals surface area contributed by atoms with Crippen LogP contribution in [0.1, 0.15) is 12.5 Å². The largest absolute Gasteiger partial charge is 0.344 e. The number of carbonyl (C=O) groups excluding carboxylic acids is 1. The summed E-state index contributed by atoms with van der Waals surface area (Å²) in [5.74, 6) is -0.0713. The van der Waals surface area contributed by atoms with E-state index in [4.69, 9.17) is 5.26 Å². The van der Waals surface area contributed by atoms with Gasteiger partial charge in [-0.2, -0.15) is 5.26 Å². The molecule has 1 unspecified atom stereocenters. The van der Waals surface area contributed by atoms with E-state index in [0.717, 1.165) is 5.56 Å². The second-order valence-electron chi connectivity index (χ2n) is 3.97. The Balaban J connectivity index is 2.50. The summed E-state index contributed by atoms with van der Waals surface area (Å²) in [4.78, 5) is 13.4. The van der Waals surface area contributed by atoms with E-state index in [2.05, 4.69) is 6.07 Å². The third-order valence-electron chi connectivity index (χ3n) is 2.39. The third-order valence-corrected chi connectivity index (χ3v) is 2.39. The predicted molar refractivity (Wildman–Crippen MR) is 62.6 cm³/mol. The minimum Gasteiger partial charge on any atom is -0.344 e. The van der Waals surface area contributed by atoms with Gasteiger partial charge < -0.3 is 4.90 Å². The van der Waals surface area contributed by atoms with E-state index in [0.29, 0.717) is 13.0 Å². The summed E-state index contributed by atoms with van der Waals surface area (Å²) in [5.41, 5.74) is 1.00. The van der Waals surface area contributed by atoms with Crippen LogP contribution in [0.4, 0.5) is 0 Å². The molecular weight excluding hydrogens is 200 g/mol. The van der Waals surface area contributed by atoms with Crippen LogP contribution in [0.25, 0.3) is 0 Å². The van der Waals surface area contributed by atoms with Gasteiger partial charge in [0, 0.05) is 13.6 Å². The highest BCUT2D eigenvalue weighted by molar-refractivity contribution is 5.78. The highest BCUT2D eigenvalue weighted by atomic mass is 16.2. The van der Waals surface area contributed by atoms with Crippen LogP contribution in [0.2, 0.25) is 0 Å². The highest BCUT2D eigenvalue weighted by Gasteiger charge is 2.12. The molecule has 3 nitrogen and oxygen atoms in total. The quantitative estimate of drug-likeness (QED) is 0.771. The molecule has 0 radical (unpaired) electrons. The normalized spacial score (nSPS) is 11.6. The van der Waals surface area contributed by atoms with Crippen molar-refractivity contribution < 1.29 is 4.79 Å². The molecule has 0 saturated carbocycles. The van der Waals surface area contributed by atoms with E-state index in [1.807, 2.05) is 37.3 Å². The zero-order chi connectivity index (χ0) is 12.0. The molecule has 0 saturated heterocycles. The van der Waals surface area contributed by atoms with Gasteiger partial charge in [-0.15, -0.1) is 0 Å². The lowest BCUT2D eigenvalue weighted by atomic mass is 10.1. The molecule has 16 heavy (non-hydrogen) atoms. The Hall–Kier alpha value is -1.82. The molecule has 3 heteroatoms. The summed E-state index contributed by atoms with van der Waals surface area (Å²) < 4.78 is 0. The summed E-state index contributed by atoms with van der Waals surface area (Å²) in [6, 6.07) is 11.7. The molecule has 1 aromatic rings. The van der Waals surface area contributed by atoms with Crippen molar-refractivity contribution >= 4 is 5.91 Å². The topological polar surface area (TPSA) is 44.1 Å². The number of amides is 1. The second-order valence-corrected chi connectivity index (χ2v) is 3.97. The van der Waals surface area contributed by atoms with Gasteiger partial charge in [-0.25, -0.2) is 0 Å². The van der Waals surface area contributed by atoms with Crippen molar-refractivity contribution in [2.24, 2.45) is 5.92 Å². The van der Waals surface area contributed by atoms with Crippen LogP contribution in [0.3, 0.4) is 0 Å². The number of hydrogen-bond acceptors (Lipinski definition) is 2. The molecule has 1 amide bonds. The molecule has 1 aromatic carbocycles. The average molecular weight is 216 g/mol. The van der Waals surface area contributed by atoms with Crippen LogP contribution in [0, 0.1) is 17.2 Å². The van der Waals surface area contributed by atoms with Crippen LogP contribution >= 0.6 is 0 Å². The first-order valence-electron chi connectivity index (χ1n) is 5.31. The van der Waals surface area contributed by atoms with Crippen molar-refractivity contribution in [3.8, 4) is 6.07 Å². The predicted octanol–water partition coefficient (Wildman–Crippen LogP) is 1.85. The van der Waals surface area contributed by atoms with Crippen LogP contribution in [-0.2, 0) is 11.2 Å². The summed E-state index contributed by atoms with van der Waals surface area (Å²) in [6.07, 6.45) is 0.398. The van der Waals surface area contributed by atoms with Crippen molar-refractivity contribution in [1.82, 2.24) is 4.90 Å². The van der Waals surface area contributed by atoms with Gasteiger partial charge in [-0.3, -0.25) is 4.79 Å². The summed E-state index contributed by atoms with van der Waals surface area (Å²) in [6.45, 7) is 2.30. The van der Waals surface area contributed by atoms with Crippen LogP contribution in [0.15, 0.2) is 30.3 Å². The van der Waals surface area contributed by atoms with Gasteiger partial charge in [0.25, 0.3) is 0 Å². The maximum Gasteiger partial charge on any atom is 0.226 e. The van der Waals surface area contributed by atoms with Gasteiger partial charge in [0.2, 0.25) is 5.91 Å². The van der Waals surface area contributed by atoms with Gasteiger partial charge in [0.15, 0.2) is 0 Å². The fourth-order valence-corrected chi connectivity index (χ4v) is 1.46. The average Bonchev–Trinajstić information content (AvgIpc) is 2.30. The van der Waals surface area contributed by atoms with E-state index in [9.17, 15) is 4.79 Å². The van der Waals surface area contributed by atoms with Crippen molar-refractivity contribution in [3.05, 3.63) is 35.9 Å². The van der Waals surface area contributed by atoms with Gasteiger partial charge in [-0.05, 0) is 12.5 Å². The zero-order valence-electron chi connectivity index (χ0n) is 9.68. The maximum atomic E-state index is 11.8. The Labute approximate surface area is 96.3 Å². The first-order valence-corrected chi connectivity index (χ1v) is 5.31. The van der Waals surface area contributed by atoms with Crippen molar-refractivity contribution in [2.75, 3.05) is 13.6 Å². The van der Waals surface area contributed by atoms with E-state index in [1.165, 1.54) is 0 Å². The highest BCUT2D eigenvalue weighted by Crippen LogP contribution is 2.03. The summed E-state index contributed by atoms with van der Waals surface area (Å²) in [7, 11) is 1.74. The van der Waals surface area contributed by atoms with Crippen molar-refractivity contribution in [2.45, 2.75) is 13.3 Å². The lowest BCUT2D eigenvalue weighted by Crippen LogP contribution is -2.31. The molecule has 0 heterocycles. The first kappa shape index (κ1) is 12.3. The molecule has 0 fully saturated rings. The zero-order valence-corrected chi connectivity index (χ0v) is 9.68. The molecule has 84 valence electrons. The Morgan fingerprint density at radius 2 is 2.06 bits per heavy atom. The lowest BCUT2D eigenvalue weighted by Gasteiger charge is -2.18. The number of nitriles is 1. The molecule has 0 bridgehead atoms. The minimum absolute atomic E-state index is 0.0494. The van der Waals surface area contributed by atoms with E-state index in [1.54, 1.807) is 11.9 Å². The van der Waals surface area contributed by atoms with Gasteiger partial charge in [0.1, 0.15) is 0 Å². The number of benzene rings is 1. The lowest BCUT2D eigenvalue weighted by molar-refractivity contribution is -0.129. The summed E-state index contributed by atoms with van der Waals surface area (Å²) in [5, 5.41) is 8.67. The fourth-order valence-electron chi connectivity index (χ4n) is 1.46. The fraction of sp³-hybridized carbons (Fsp3) is 0.385. The molecule has 0 aliphatic rings. The molecular formula is C13H16N2O. The van der Waals surface area contributed by atoms with Crippen LogP contribution < -0.4 is 0 Å². The Morgan fingerprint density at radius 1 is 1.44 bits per heavy atom. The van der Waals surface area contributed by atoms with Gasteiger partial charge in [0.05, 0.1) is 18.4 Å². The van der Waals surface area contributed by atoms with Crippen LogP contribution in [0.5, 0.6) is 0 Å². The number of hydrogen-bond donors (Lipinski definition) is 0. The van der Waals surface area contributed by atoms with Crippen molar-refractivity contribution in [3.63, 3.8) is 0 Å². The molecule has 1 rings (SSSR count). The monoisotopic (exact) mass is 216 g/mol. The number of rotatable bonds is 4. The Kier molecular flexibility index (Phi) is 4.53. The molecule has 0 spiro atoms. The first-order chi connectivity index (χ1) is 7.63. The molecule has 0 N–H and O–H groups in total. The molecule has 0 aliphatic carbocycles. The summed E-state index contributed by atoms with van der Waals surface area (Å²) >= 11 is 0. The smallest absolute Gasteiger partial charge is 0.226 e. The number of carbonyl (C=O) groups is 1. The Morgan fingerprint density at radius 3 is 2.62 bits per heavy atom. The Bertz CT molecular complexity index is 381. The standard InChI is InChI=1S/C13H16N2O/c1-11(9-14)10-15(2)13(16)8-12-6-4-3-5-7-12/h3-7,11H,8,10H2,1-2H3. The third kappa shape index (κ3) is 3.74. The van der Waals surface area contributed by atoms with E-state index < -0.39 is 0 Å². The van der Waals surface area contributed by atoms with Crippen LogP contribution in [-0.4, -0.2) is 24.4 Å². The second kappa shape index (κ2) is 5.92. The van der Waals surface area contributed by atoms with E-state index in [-0.39, 0.29) is 11.8 Å². The minimum atomic E-state index is -0.121. The van der Waals surface area contributed by atoms with Gasteiger partial charge in [-0.1, -0.05) is 30.3 Å². The molecule has 0 aromatic heterocycles. The van der Waals surface area contributed by atoms with Gasteiger partial charge >= 0.3 is 0 Å².